The Morgan fingerprint density at radius 2 is 2.27 bits per heavy atom. The van der Waals surface area contributed by atoms with Gasteiger partial charge in [0.2, 0.25) is 6.41 Å². The lowest BCUT2D eigenvalue weighted by Gasteiger charge is -2.25. The van der Waals surface area contributed by atoms with Gasteiger partial charge in [0.15, 0.2) is 0 Å². The first-order valence-electron chi connectivity index (χ1n) is 4.49. The van der Waals surface area contributed by atoms with Gasteiger partial charge in [0.1, 0.15) is 5.75 Å². The molecular formula is C10H9F2NO2. The van der Waals surface area contributed by atoms with Crippen molar-refractivity contribution in [3.8, 4) is 5.75 Å². The third-order valence-corrected chi connectivity index (χ3v) is 2.27. The summed E-state index contributed by atoms with van der Waals surface area (Å²) < 4.78 is 31.9. The third-order valence-electron chi connectivity index (χ3n) is 2.27. The summed E-state index contributed by atoms with van der Waals surface area (Å²) in [6, 6.07) is 4.20. The molecule has 2 rings (SSSR count). The molecule has 0 bridgehead atoms. The molecule has 0 saturated carbocycles. The maximum Gasteiger partial charge on any atom is 0.280 e. The Morgan fingerprint density at radius 1 is 1.47 bits per heavy atom. The predicted molar refractivity (Wildman–Crippen MR) is 50.1 cm³/mol. The molecule has 1 aromatic rings. The smallest absolute Gasteiger partial charge is 0.280 e. The predicted octanol–water partition coefficient (Wildman–Crippen LogP) is 2.13. The summed E-state index contributed by atoms with van der Waals surface area (Å²) in [6.45, 7) is 0.0143. The number of ether oxygens (including phenoxy) is 1. The molecule has 1 N–H and O–H groups in total. The molecule has 0 unspecified atom stereocenters. The number of rotatable bonds is 2. The summed E-state index contributed by atoms with van der Waals surface area (Å²) in [4.78, 5) is 10.2. The summed E-state index contributed by atoms with van der Waals surface area (Å²) in [5.41, 5.74) is 0.175. The number of halogens is 2. The van der Waals surface area contributed by atoms with Gasteiger partial charge in [0, 0.05) is 5.69 Å². The van der Waals surface area contributed by atoms with E-state index < -0.39 is 5.92 Å². The van der Waals surface area contributed by atoms with Gasteiger partial charge in [0.25, 0.3) is 5.92 Å². The average molecular weight is 213 g/mol. The number of amides is 1. The molecule has 1 heterocycles. The molecule has 0 aliphatic carbocycles. The van der Waals surface area contributed by atoms with E-state index in [4.69, 9.17) is 4.74 Å². The van der Waals surface area contributed by atoms with Crippen LogP contribution in [0.2, 0.25) is 0 Å². The Balaban J connectivity index is 2.43. The van der Waals surface area contributed by atoms with Crippen molar-refractivity contribution in [2.45, 2.75) is 12.3 Å². The molecule has 0 aromatic heterocycles. The van der Waals surface area contributed by atoms with E-state index >= 15 is 0 Å². The monoisotopic (exact) mass is 213 g/mol. The number of alkyl halides is 2. The Bertz CT molecular complexity index is 393. The first kappa shape index (κ1) is 9.89. The number of nitrogens with one attached hydrogen (secondary N) is 1. The minimum absolute atomic E-state index is 0.0143. The fraction of sp³-hybridized carbons (Fsp3) is 0.300. The standard InChI is InChI=1S/C10H9F2NO2/c11-10(12)3-4-15-9-2-1-7(13-6-14)5-8(9)10/h1-2,5-6H,3-4H2,(H,13,14). The minimum Gasteiger partial charge on any atom is -0.493 e. The summed E-state index contributed by atoms with van der Waals surface area (Å²) in [5.74, 6) is -2.70. The molecule has 1 aliphatic heterocycles. The van der Waals surface area contributed by atoms with Crippen LogP contribution in [0.4, 0.5) is 14.5 Å². The lowest BCUT2D eigenvalue weighted by Crippen LogP contribution is -2.24. The number of fused-ring (bicyclic) bond motifs is 1. The molecule has 0 spiro atoms. The van der Waals surface area contributed by atoms with Gasteiger partial charge in [-0.15, -0.1) is 0 Å². The Hall–Kier alpha value is -1.65. The Kier molecular flexibility index (Phi) is 2.30. The number of carbonyl (C=O) groups excluding carboxylic acids is 1. The molecule has 1 aliphatic rings. The number of anilines is 1. The fourth-order valence-electron chi connectivity index (χ4n) is 1.52. The van der Waals surface area contributed by atoms with Gasteiger partial charge in [-0.25, -0.2) is 8.78 Å². The van der Waals surface area contributed by atoms with Crippen LogP contribution in [0.1, 0.15) is 12.0 Å². The van der Waals surface area contributed by atoms with E-state index in [-0.39, 0.29) is 24.3 Å². The summed E-state index contributed by atoms with van der Waals surface area (Å²) >= 11 is 0. The number of hydrogen-bond donors (Lipinski definition) is 1. The first-order valence-corrected chi connectivity index (χ1v) is 4.49. The van der Waals surface area contributed by atoms with E-state index in [1.165, 1.54) is 18.2 Å². The largest absolute Gasteiger partial charge is 0.493 e. The van der Waals surface area contributed by atoms with Crippen molar-refractivity contribution in [2.24, 2.45) is 0 Å². The number of hydrogen-bond acceptors (Lipinski definition) is 2. The molecule has 0 saturated heterocycles. The van der Waals surface area contributed by atoms with Crippen molar-refractivity contribution in [2.75, 3.05) is 11.9 Å². The van der Waals surface area contributed by atoms with Crippen LogP contribution < -0.4 is 10.1 Å². The van der Waals surface area contributed by atoms with Crippen molar-refractivity contribution >= 4 is 12.1 Å². The Labute approximate surface area is 85.0 Å². The molecule has 1 amide bonds. The van der Waals surface area contributed by atoms with Crippen LogP contribution in [0.15, 0.2) is 18.2 Å². The second kappa shape index (κ2) is 3.49. The first-order chi connectivity index (χ1) is 7.13. The highest BCUT2D eigenvalue weighted by molar-refractivity contribution is 5.72. The van der Waals surface area contributed by atoms with Crippen molar-refractivity contribution in [1.82, 2.24) is 0 Å². The normalized spacial score (nSPS) is 17.5. The zero-order valence-electron chi connectivity index (χ0n) is 7.80. The van der Waals surface area contributed by atoms with Crippen LogP contribution in [0, 0.1) is 0 Å². The molecule has 5 heteroatoms. The second-order valence-electron chi connectivity index (χ2n) is 3.28. The third kappa shape index (κ3) is 1.77. The van der Waals surface area contributed by atoms with Crippen LogP contribution in [0.5, 0.6) is 5.75 Å². The van der Waals surface area contributed by atoms with E-state index in [1.807, 2.05) is 0 Å². The van der Waals surface area contributed by atoms with Crippen LogP contribution in [-0.2, 0) is 10.7 Å². The van der Waals surface area contributed by atoms with Gasteiger partial charge >= 0.3 is 0 Å². The van der Waals surface area contributed by atoms with Crippen molar-refractivity contribution < 1.29 is 18.3 Å². The van der Waals surface area contributed by atoms with Gasteiger partial charge < -0.3 is 10.1 Å². The maximum absolute atomic E-state index is 13.4. The van der Waals surface area contributed by atoms with Crippen molar-refractivity contribution in [1.29, 1.82) is 0 Å². The number of carbonyl (C=O) groups is 1. The molecule has 0 radical (unpaired) electrons. The topological polar surface area (TPSA) is 38.3 Å². The zero-order chi connectivity index (χ0) is 10.9. The molecule has 80 valence electrons. The van der Waals surface area contributed by atoms with Gasteiger partial charge in [0.05, 0.1) is 18.6 Å². The van der Waals surface area contributed by atoms with E-state index in [1.54, 1.807) is 0 Å². The van der Waals surface area contributed by atoms with Crippen LogP contribution >= 0.6 is 0 Å². The quantitative estimate of drug-likeness (QED) is 0.764. The number of benzene rings is 1. The summed E-state index contributed by atoms with van der Waals surface area (Å²) in [7, 11) is 0. The highest BCUT2D eigenvalue weighted by Gasteiger charge is 2.38. The Morgan fingerprint density at radius 3 is 3.00 bits per heavy atom. The van der Waals surface area contributed by atoms with Crippen LogP contribution in [0.3, 0.4) is 0 Å². The van der Waals surface area contributed by atoms with E-state index in [0.29, 0.717) is 12.1 Å². The molecule has 3 nitrogen and oxygen atoms in total. The molecule has 0 atom stereocenters. The molecule has 15 heavy (non-hydrogen) atoms. The average Bonchev–Trinajstić information content (AvgIpc) is 2.19. The van der Waals surface area contributed by atoms with Gasteiger partial charge in [-0.3, -0.25) is 4.79 Å². The highest BCUT2D eigenvalue weighted by atomic mass is 19.3. The lowest BCUT2D eigenvalue weighted by atomic mass is 10.0. The molecule has 0 fully saturated rings. The lowest BCUT2D eigenvalue weighted by molar-refractivity contribution is -0.105. The fourth-order valence-corrected chi connectivity index (χ4v) is 1.52. The van der Waals surface area contributed by atoms with Crippen LogP contribution in [0.25, 0.3) is 0 Å². The molecular weight excluding hydrogens is 204 g/mol. The minimum atomic E-state index is -2.88. The SMILES string of the molecule is O=CNc1ccc2c(c1)C(F)(F)CCO2. The summed E-state index contributed by atoms with van der Waals surface area (Å²) in [6.07, 6.45) is 0.119. The maximum atomic E-state index is 13.4. The van der Waals surface area contributed by atoms with Crippen LogP contribution in [-0.4, -0.2) is 13.0 Å². The van der Waals surface area contributed by atoms with E-state index in [2.05, 4.69) is 5.32 Å². The van der Waals surface area contributed by atoms with E-state index in [9.17, 15) is 13.6 Å². The van der Waals surface area contributed by atoms with E-state index in [0.717, 1.165) is 0 Å². The van der Waals surface area contributed by atoms with Crippen molar-refractivity contribution in [3.05, 3.63) is 23.8 Å². The van der Waals surface area contributed by atoms with Gasteiger partial charge in [-0.05, 0) is 18.2 Å². The van der Waals surface area contributed by atoms with Crippen molar-refractivity contribution in [3.63, 3.8) is 0 Å². The van der Waals surface area contributed by atoms with Gasteiger partial charge in [-0.2, -0.15) is 0 Å². The second-order valence-corrected chi connectivity index (χ2v) is 3.28. The van der Waals surface area contributed by atoms with Gasteiger partial charge in [-0.1, -0.05) is 0 Å². The summed E-state index contributed by atoms with van der Waals surface area (Å²) in [5, 5.41) is 2.33. The molecule has 1 aromatic carbocycles. The highest BCUT2D eigenvalue weighted by Crippen LogP contribution is 2.42. The zero-order valence-corrected chi connectivity index (χ0v) is 7.80.